The van der Waals surface area contributed by atoms with E-state index < -0.39 is 0 Å². The van der Waals surface area contributed by atoms with Gasteiger partial charge in [0.25, 0.3) is 0 Å². The van der Waals surface area contributed by atoms with Crippen molar-refractivity contribution < 1.29 is 4.74 Å². The van der Waals surface area contributed by atoms with Crippen molar-refractivity contribution in [3.63, 3.8) is 0 Å². The Bertz CT molecular complexity index is 495. The van der Waals surface area contributed by atoms with E-state index in [0.717, 1.165) is 30.4 Å². The van der Waals surface area contributed by atoms with E-state index in [1.165, 1.54) is 49.7 Å². The maximum atomic E-state index is 5.82. The molecule has 1 aromatic carbocycles. The first-order valence-corrected chi connectivity index (χ1v) is 9.25. The van der Waals surface area contributed by atoms with Crippen molar-refractivity contribution in [3.8, 4) is 5.75 Å². The molecule has 0 unspecified atom stereocenters. The average molecular weight is 312 g/mol. The Morgan fingerprint density at radius 1 is 1.13 bits per heavy atom. The molecule has 0 atom stereocenters. The van der Waals surface area contributed by atoms with Gasteiger partial charge in [-0.15, -0.1) is 6.58 Å². The van der Waals surface area contributed by atoms with Crippen LogP contribution in [0.5, 0.6) is 5.75 Å². The maximum Gasteiger partial charge on any atom is 0.122 e. The Kier molecular flexibility index (Phi) is 7.45. The van der Waals surface area contributed by atoms with Crippen molar-refractivity contribution in [2.45, 2.75) is 64.2 Å². The normalized spacial score (nSPS) is 20.9. The summed E-state index contributed by atoms with van der Waals surface area (Å²) in [5.74, 6) is 2.68. The van der Waals surface area contributed by atoms with Crippen LogP contribution in [0.4, 0.5) is 0 Å². The molecule has 0 spiro atoms. The Labute approximate surface area is 142 Å². The lowest BCUT2D eigenvalue weighted by atomic mass is 9.77. The van der Waals surface area contributed by atoms with Gasteiger partial charge >= 0.3 is 0 Å². The molecule has 2 rings (SSSR count). The third kappa shape index (κ3) is 5.27. The summed E-state index contributed by atoms with van der Waals surface area (Å²) in [5, 5.41) is 0. The van der Waals surface area contributed by atoms with E-state index in [-0.39, 0.29) is 0 Å². The molecule has 0 saturated heterocycles. The Morgan fingerprint density at radius 2 is 1.91 bits per heavy atom. The van der Waals surface area contributed by atoms with Gasteiger partial charge in [-0.1, -0.05) is 44.2 Å². The number of allylic oxidation sites excluding steroid dienone is 1. The van der Waals surface area contributed by atoms with Gasteiger partial charge in [0.05, 0.1) is 0 Å². The lowest BCUT2D eigenvalue weighted by Gasteiger charge is -2.29. The minimum Gasteiger partial charge on any atom is -0.489 e. The van der Waals surface area contributed by atoms with Crippen LogP contribution in [0.1, 0.15) is 68.9 Å². The molecule has 0 bridgehead atoms. The largest absolute Gasteiger partial charge is 0.489 e. The van der Waals surface area contributed by atoms with Crippen LogP contribution in [0, 0.1) is 5.92 Å². The highest BCUT2D eigenvalue weighted by molar-refractivity contribution is 5.39. The molecule has 1 nitrogen and oxygen atoms in total. The fraction of sp³-hybridized carbons (Fsp3) is 0.545. The summed E-state index contributed by atoms with van der Waals surface area (Å²) in [4.78, 5) is 0. The second-order valence-corrected chi connectivity index (χ2v) is 6.80. The van der Waals surface area contributed by atoms with Gasteiger partial charge < -0.3 is 4.74 Å². The highest BCUT2D eigenvalue weighted by Gasteiger charge is 2.22. The topological polar surface area (TPSA) is 9.23 Å². The lowest BCUT2D eigenvalue weighted by molar-refractivity contribution is 0.311. The zero-order valence-electron chi connectivity index (χ0n) is 14.7. The Morgan fingerprint density at radius 3 is 2.57 bits per heavy atom. The van der Waals surface area contributed by atoms with E-state index in [1.54, 1.807) is 0 Å². The van der Waals surface area contributed by atoms with Gasteiger partial charge in [0.15, 0.2) is 0 Å². The quantitative estimate of drug-likeness (QED) is 0.476. The van der Waals surface area contributed by atoms with Crippen LogP contribution in [0.25, 0.3) is 0 Å². The molecule has 23 heavy (non-hydrogen) atoms. The van der Waals surface area contributed by atoms with Crippen LogP contribution in [0.2, 0.25) is 0 Å². The van der Waals surface area contributed by atoms with Crippen molar-refractivity contribution in [3.05, 3.63) is 54.6 Å². The summed E-state index contributed by atoms with van der Waals surface area (Å²) in [7, 11) is 0. The number of hydrogen-bond acceptors (Lipinski definition) is 1. The van der Waals surface area contributed by atoms with Crippen LogP contribution in [0.15, 0.2) is 43.5 Å². The lowest BCUT2D eigenvalue weighted by Crippen LogP contribution is -2.13. The summed E-state index contributed by atoms with van der Waals surface area (Å²) in [6.07, 6.45) is 14.0. The molecule has 0 amide bonds. The molecule has 126 valence electrons. The van der Waals surface area contributed by atoms with Gasteiger partial charge in [0, 0.05) is 0 Å². The van der Waals surface area contributed by atoms with E-state index in [2.05, 4.69) is 44.4 Å². The van der Waals surface area contributed by atoms with Crippen LogP contribution in [0.3, 0.4) is 0 Å². The van der Waals surface area contributed by atoms with Gasteiger partial charge in [-0.25, -0.2) is 0 Å². The smallest absolute Gasteiger partial charge is 0.122 e. The summed E-state index contributed by atoms with van der Waals surface area (Å²) in [6.45, 7) is 10.4. The van der Waals surface area contributed by atoms with Crippen molar-refractivity contribution >= 4 is 0 Å². The minimum atomic E-state index is 0.588. The molecular weight excluding hydrogens is 280 g/mol. The average Bonchev–Trinajstić information content (AvgIpc) is 2.59. The number of aryl methyl sites for hydroxylation is 1. The fourth-order valence-corrected chi connectivity index (χ4v) is 3.75. The molecule has 0 radical (unpaired) electrons. The molecular formula is C22H32O. The van der Waals surface area contributed by atoms with Crippen LogP contribution >= 0.6 is 0 Å². The second kappa shape index (κ2) is 9.60. The SMILES string of the molecule is C=CCCC1CCC(c2ccc(OCC=C)c(CCC)c2)CC1. The van der Waals surface area contributed by atoms with Crippen molar-refractivity contribution in [1.29, 1.82) is 0 Å². The van der Waals surface area contributed by atoms with E-state index >= 15 is 0 Å². The van der Waals surface area contributed by atoms with Crippen molar-refractivity contribution in [2.24, 2.45) is 5.92 Å². The first kappa shape index (κ1) is 17.8. The molecule has 1 saturated carbocycles. The monoisotopic (exact) mass is 312 g/mol. The predicted octanol–water partition coefficient (Wildman–Crippen LogP) is 6.44. The third-order valence-electron chi connectivity index (χ3n) is 5.06. The summed E-state index contributed by atoms with van der Waals surface area (Å²) >= 11 is 0. The van der Waals surface area contributed by atoms with Gasteiger partial charge in [-0.05, 0) is 74.0 Å². The molecule has 1 heteroatoms. The number of benzene rings is 1. The summed E-state index contributed by atoms with van der Waals surface area (Å²) in [5.41, 5.74) is 2.88. The molecule has 1 fully saturated rings. The van der Waals surface area contributed by atoms with Gasteiger partial charge in [-0.3, -0.25) is 0 Å². The molecule has 1 aliphatic carbocycles. The molecule has 1 aliphatic rings. The van der Waals surface area contributed by atoms with E-state index in [9.17, 15) is 0 Å². The van der Waals surface area contributed by atoms with E-state index in [4.69, 9.17) is 4.74 Å². The first-order chi connectivity index (χ1) is 11.3. The van der Waals surface area contributed by atoms with Crippen molar-refractivity contribution in [1.82, 2.24) is 0 Å². The highest BCUT2D eigenvalue weighted by atomic mass is 16.5. The fourth-order valence-electron chi connectivity index (χ4n) is 3.75. The van der Waals surface area contributed by atoms with E-state index in [0.29, 0.717) is 6.61 Å². The number of ether oxygens (including phenoxy) is 1. The number of rotatable bonds is 9. The van der Waals surface area contributed by atoms with E-state index in [1.807, 2.05) is 6.08 Å². The first-order valence-electron chi connectivity index (χ1n) is 9.25. The second-order valence-electron chi connectivity index (χ2n) is 6.80. The highest BCUT2D eigenvalue weighted by Crippen LogP contribution is 2.38. The Balaban J connectivity index is 2.01. The molecule has 1 aromatic rings. The van der Waals surface area contributed by atoms with Crippen LogP contribution < -0.4 is 4.74 Å². The van der Waals surface area contributed by atoms with Crippen LogP contribution in [-0.4, -0.2) is 6.61 Å². The molecule has 0 heterocycles. The summed E-state index contributed by atoms with van der Waals surface area (Å²) < 4.78 is 5.82. The molecule has 0 aliphatic heterocycles. The van der Waals surface area contributed by atoms with Gasteiger partial charge in [0.1, 0.15) is 12.4 Å². The zero-order chi connectivity index (χ0) is 16.5. The standard InChI is InChI=1S/C22H32O/c1-4-7-9-18-10-12-19(13-11-18)20-14-15-22(23-16-6-3)21(17-20)8-5-2/h4,6,14-15,17-19H,1,3,5,7-13,16H2,2H3. The Hall–Kier alpha value is -1.50. The molecule has 0 N–H and O–H groups in total. The van der Waals surface area contributed by atoms with Gasteiger partial charge in [0.2, 0.25) is 0 Å². The van der Waals surface area contributed by atoms with Gasteiger partial charge in [-0.2, -0.15) is 0 Å². The van der Waals surface area contributed by atoms with Crippen LogP contribution in [-0.2, 0) is 6.42 Å². The van der Waals surface area contributed by atoms with Crippen molar-refractivity contribution in [2.75, 3.05) is 6.61 Å². The zero-order valence-corrected chi connectivity index (χ0v) is 14.7. The molecule has 0 aromatic heterocycles. The number of hydrogen-bond donors (Lipinski definition) is 0. The third-order valence-corrected chi connectivity index (χ3v) is 5.06. The predicted molar refractivity (Wildman–Crippen MR) is 100 cm³/mol. The minimum absolute atomic E-state index is 0.588. The maximum absolute atomic E-state index is 5.82. The summed E-state index contributed by atoms with van der Waals surface area (Å²) in [6, 6.07) is 6.86.